The van der Waals surface area contributed by atoms with Crippen LogP contribution in [0.5, 0.6) is 0 Å². The summed E-state index contributed by atoms with van der Waals surface area (Å²) < 4.78 is 5.36. The summed E-state index contributed by atoms with van der Waals surface area (Å²) in [7, 11) is 0. The molecule has 0 bridgehead atoms. The van der Waals surface area contributed by atoms with Crippen LogP contribution in [0.4, 0.5) is 0 Å². The molecule has 5 nitrogen and oxygen atoms in total. The van der Waals surface area contributed by atoms with E-state index >= 15 is 0 Å². The van der Waals surface area contributed by atoms with Crippen LogP contribution >= 0.6 is 12.2 Å². The largest absolute Gasteiger partial charge is 0.396 e. The molecule has 1 amide bonds. The molecule has 2 rings (SSSR count). The number of nitrogens with zero attached hydrogens (tertiary/aromatic N) is 1. The molecule has 0 aromatic heterocycles. The predicted molar refractivity (Wildman–Crippen MR) is 80.3 cm³/mol. The second-order valence-electron chi connectivity index (χ2n) is 5.72. The van der Waals surface area contributed by atoms with Crippen LogP contribution in [0.2, 0.25) is 0 Å². The highest BCUT2D eigenvalue weighted by Gasteiger charge is 2.46. The molecule has 0 saturated carbocycles. The fraction of sp³-hybridized carbons (Fsp3) is 0.857. The predicted octanol–water partition coefficient (Wildman–Crippen LogP) is 0.833. The van der Waals surface area contributed by atoms with Gasteiger partial charge in [0, 0.05) is 32.4 Å². The third-order valence-electron chi connectivity index (χ3n) is 4.58. The van der Waals surface area contributed by atoms with Gasteiger partial charge in [-0.2, -0.15) is 0 Å². The van der Waals surface area contributed by atoms with Crippen molar-refractivity contribution < 1.29 is 14.6 Å². The van der Waals surface area contributed by atoms with Crippen molar-refractivity contribution >= 4 is 23.1 Å². The average molecular weight is 300 g/mol. The highest BCUT2D eigenvalue weighted by Crippen LogP contribution is 2.35. The van der Waals surface area contributed by atoms with Gasteiger partial charge < -0.3 is 20.5 Å². The second kappa shape index (κ2) is 6.83. The van der Waals surface area contributed by atoms with E-state index in [1.54, 1.807) is 0 Å². The molecule has 1 atom stereocenters. The van der Waals surface area contributed by atoms with Crippen molar-refractivity contribution in [3.8, 4) is 0 Å². The van der Waals surface area contributed by atoms with Gasteiger partial charge in [0.1, 0.15) is 5.41 Å². The van der Waals surface area contributed by atoms with Gasteiger partial charge in [0.15, 0.2) is 0 Å². The summed E-state index contributed by atoms with van der Waals surface area (Å²) >= 11 is 5.20. The zero-order valence-electron chi connectivity index (χ0n) is 11.8. The Morgan fingerprint density at radius 2 is 2.10 bits per heavy atom. The number of hydrogen-bond donors (Lipinski definition) is 2. The Labute approximate surface area is 125 Å². The van der Waals surface area contributed by atoms with Crippen molar-refractivity contribution in [2.45, 2.75) is 44.6 Å². The maximum Gasteiger partial charge on any atom is 0.236 e. The number of thiocarbonyl (C=S) groups is 1. The number of amides is 1. The van der Waals surface area contributed by atoms with Crippen LogP contribution in [0.15, 0.2) is 0 Å². The van der Waals surface area contributed by atoms with Crippen LogP contribution in [-0.4, -0.2) is 53.3 Å². The molecule has 0 aromatic rings. The standard InChI is InChI=1S/C14H24N2O3S/c15-12(20)14(5-9-19-10-6-14)13(18)16-7-2-1-3-11(16)4-8-17/h11,17H,1-10H2,(H2,15,20). The number of rotatable bonds is 4. The van der Waals surface area contributed by atoms with Gasteiger partial charge >= 0.3 is 0 Å². The quantitative estimate of drug-likeness (QED) is 0.752. The Bertz CT molecular complexity index is 367. The van der Waals surface area contributed by atoms with Crippen molar-refractivity contribution in [2.75, 3.05) is 26.4 Å². The van der Waals surface area contributed by atoms with Crippen molar-refractivity contribution in [2.24, 2.45) is 11.1 Å². The van der Waals surface area contributed by atoms with E-state index in [0.717, 1.165) is 25.8 Å². The number of carbonyl (C=O) groups is 1. The topological polar surface area (TPSA) is 75.8 Å². The maximum atomic E-state index is 13.0. The zero-order chi connectivity index (χ0) is 14.6. The molecule has 0 aromatic carbocycles. The SMILES string of the molecule is NC(=S)C1(C(=O)N2CCCCC2CCO)CCOCC1. The number of piperidine rings is 1. The van der Waals surface area contributed by atoms with Crippen LogP contribution in [0.1, 0.15) is 38.5 Å². The lowest BCUT2D eigenvalue weighted by atomic mass is 9.77. The smallest absolute Gasteiger partial charge is 0.236 e. The third kappa shape index (κ3) is 2.97. The van der Waals surface area contributed by atoms with Gasteiger partial charge in [-0.1, -0.05) is 12.2 Å². The van der Waals surface area contributed by atoms with Gasteiger partial charge in [-0.15, -0.1) is 0 Å². The van der Waals surface area contributed by atoms with Gasteiger partial charge in [-0.3, -0.25) is 4.79 Å². The molecule has 2 aliphatic rings. The monoisotopic (exact) mass is 300 g/mol. The molecule has 1 unspecified atom stereocenters. The fourth-order valence-electron chi connectivity index (χ4n) is 3.28. The number of ether oxygens (including phenoxy) is 1. The van der Waals surface area contributed by atoms with Crippen LogP contribution in [0.3, 0.4) is 0 Å². The molecule has 2 aliphatic heterocycles. The number of hydrogen-bond acceptors (Lipinski definition) is 4. The Morgan fingerprint density at radius 3 is 2.70 bits per heavy atom. The minimum Gasteiger partial charge on any atom is -0.396 e. The van der Waals surface area contributed by atoms with E-state index in [9.17, 15) is 9.90 Å². The van der Waals surface area contributed by atoms with Gasteiger partial charge in [-0.05, 0) is 38.5 Å². The molecule has 0 radical (unpaired) electrons. The molecular formula is C14H24N2O3S. The van der Waals surface area contributed by atoms with Gasteiger partial charge in [0.2, 0.25) is 5.91 Å². The summed E-state index contributed by atoms with van der Waals surface area (Å²) in [6.45, 7) is 1.91. The van der Waals surface area contributed by atoms with Gasteiger partial charge in [0.25, 0.3) is 0 Å². The highest BCUT2D eigenvalue weighted by atomic mass is 32.1. The first kappa shape index (κ1) is 15.7. The Balaban J connectivity index is 2.19. The Kier molecular flexibility index (Phi) is 5.35. The first-order valence-electron chi connectivity index (χ1n) is 7.41. The Morgan fingerprint density at radius 1 is 1.40 bits per heavy atom. The summed E-state index contributed by atoms with van der Waals surface area (Å²) in [6, 6.07) is 0.121. The van der Waals surface area contributed by atoms with Crippen LogP contribution in [0, 0.1) is 5.41 Å². The van der Waals surface area contributed by atoms with Crippen molar-refractivity contribution in [1.29, 1.82) is 0 Å². The summed E-state index contributed by atoms with van der Waals surface area (Å²) in [5.41, 5.74) is 5.17. The van der Waals surface area contributed by atoms with Crippen LogP contribution in [0.25, 0.3) is 0 Å². The summed E-state index contributed by atoms with van der Waals surface area (Å²) in [4.78, 5) is 15.2. The van der Waals surface area contributed by atoms with Crippen LogP contribution < -0.4 is 5.73 Å². The summed E-state index contributed by atoms with van der Waals surface area (Å²) in [5, 5.41) is 9.19. The molecule has 2 saturated heterocycles. The van der Waals surface area contributed by atoms with E-state index in [1.807, 2.05) is 4.90 Å². The molecule has 2 heterocycles. The molecule has 2 fully saturated rings. The summed E-state index contributed by atoms with van der Waals surface area (Å²) in [5.74, 6) is 0.0476. The van der Waals surface area contributed by atoms with E-state index in [1.165, 1.54) is 0 Å². The van der Waals surface area contributed by atoms with E-state index in [4.69, 9.17) is 22.7 Å². The molecule has 20 heavy (non-hydrogen) atoms. The van der Waals surface area contributed by atoms with E-state index < -0.39 is 5.41 Å². The molecule has 6 heteroatoms. The lowest BCUT2D eigenvalue weighted by molar-refractivity contribution is -0.146. The molecule has 0 aliphatic carbocycles. The van der Waals surface area contributed by atoms with E-state index in [2.05, 4.69) is 0 Å². The van der Waals surface area contributed by atoms with E-state index in [0.29, 0.717) is 37.5 Å². The van der Waals surface area contributed by atoms with Crippen molar-refractivity contribution in [1.82, 2.24) is 4.90 Å². The number of aliphatic hydroxyl groups excluding tert-OH is 1. The lowest BCUT2D eigenvalue weighted by Gasteiger charge is -2.43. The minimum atomic E-state index is -0.737. The third-order valence-corrected chi connectivity index (χ3v) is 4.97. The zero-order valence-corrected chi connectivity index (χ0v) is 12.7. The van der Waals surface area contributed by atoms with Crippen molar-refractivity contribution in [3.63, 3.8) is 0 Å². The number of nitrogens with two attached hydrogens (primary N) is 1. The number of aliphatic hydroxyl groups is 1. The normalized spacial score (nSPS) is 26.2. The number of carbonyl (C=O) groups excluding carboxylic acids is 1. The average Bonchev–Trinajstić information content (AvgIpc) is 2.48. The maximum absolute atomic E-state index is 13.0. The molecule has 114 valence electrons. The second-order valence-corrected chi connectivity index (χ2v) is 6.16. The van der Waals surface area contributed by atoms with Crippen molar-refractivity contribution in [3.05, 3.63) is 0 Å². The molecule has 0 spiro atoms. The Hall–Kier alpha value is -0.720. The van der Waals surface area contributed by atoms with E-state index in [-0.39, 0.29) is 18.6 Å². The number of likely N-dealkylation sites (tertiary alicyclic amines) is 1. The van der Waals surface area contributed by atoms with Gasteiger partial charge in [-0.25, -0.2) is 0 Å². The first-order valence-corrected chi connectivity index (χ1v) is 7.82. The lowest BCUT2D eigenvalue weighted by Crippen LogP contribution is -2.57. The highest BCUT2D eigenvalue weighted by molar-refractivity contribution is 7.80. The van der Waals surface area contributed by atoms with Gasteiger partial charge in [0.05, 0.1) is 4.99 Å². The molecular weight excluding hydrogens is 276 g/mol. The fourth-order valence-corrected chi connectivity index (χ4v) is 3.57. The van der Waals surface area contributed by atoms with Crippen LogP contribution in [-0.2, 0) is 9.53 Å². The minimum absolute atomic E-state index is 0.0476. The first-order chi connectivity index (χ1) is 9.62. The molecule has 3 N–H and O–H groups in total. The summed E-state index contributed by atoms with van der Waals surface area (Å²) in [6.07, 6.45) is 4.86.